The molecule has 35 nitrogen and oxygen atoms in total. The van der Waals surface area contributed by atoms with Crippen LogP contribution in [0.1, 0.15) is 42.3 Å². The number of ether oxygens (including phenoxy) is 16. The van der Waals surface area contributed by atoms with E-state index in [1.165, 1.54) is 79.9 Å². The minimum Gasteiger partial charge on any atom is -0.508 e. The van der Waals surface area contributed by atoms with Gasteiger partial charge in [0, 0.05) is 32.9 Å². The molecule has 0 saturated carbocycles. The molecule has 0 bridgehead atoms. The van der Waals surface area contributed by atoms with E-state index in [0.29, 0.717) is 5.56 Å². The van der Waals surface area contributed by atoms with Crippen molar-refractivity contribution < 1.29 is 171 Å². The van der Waals surface area contributed by atoms with Gasteiger partial charge in [-0.1, -0.05) is 36.4 Å². The van der Waals surface area contributed by atoms with Gasteiger partial charge in [-0.15, -0.1) is 0 Å². The van der Waals surface area contributed by atoms with E-state index in [9.17, 15) is 95.2 Å². The molecular weight excluding hydrogens is 1300 g/mol. The van der Waals surface area contributed by atoms with Crippen molar-refractivity contribution in [2.24, 2.45) is 0 Å². The zero-order chi connectivity index (χ0) is 70.6. The Hall–Kier alpha value is -7.44. The third-order valence-corrected chi connectivity index (χ3v) is 15.8. The number of benzene rings is 3. The number of phenolic OH excluding ortho intramolecular Hbond substituents is 2. The van der Waals surface area contributed by atoms with E-state index in [4.69, 9.17) is 75.8 Å². The van der Waals surface area contributed by atoms with Crippen molar-refractivity contribution in [3.63, 3.8) is 0 Å². The number of aliphatic hydroxyl groups excluding tert-OH is 11. The smallest absolute Gasteiger partial charge is 0.338 e. The van der Waals surface area contributed by atoms with Crippen molar-refractivity contribution in [2.75, 3.05) is 46.8 Å². The summed E-state index contributed by atoms with van der Waals surface area (Å²) in [6.45, 7) is -3.72. The van der Waals surface area contributed by atoms with Crippen molar-refractivity contribution in [3.05, 3.63) is 102 Å². The van der Waals surface area contributed by atoms with Gasteiger partial charge in [0.05, 0.1) is 32.5 Å². The van der Waals surface area contributed by atoms with E-state index < -0.39 is 222 Å². The Morgan fingerprint density at radius 1 is 0.485 bits per heavy atom. The molecule has 5 heterocycles. The van der Waals surface area contributed by atoms with Gasteiger partial charge in [-0.25, -0.2) is 14.4 Å². The number of esters is 6. The average molecular weight is 1380 g/mol. The lowest BCUT2D eigenvalue weighted by Crippen LogP contribution is -2.70. The van der Waals surface area contributed by atoms with E-state index >= 15 is 0 Å². The second kappa shape index (κ2) is 33.9. The highest BCUT2D eigenvalue weighted by atomic mass is 16.8. The lowest BCUT2D eigenvalue weighted by molar-refractivity contribution is -0.423. The van der Waals surface area contributed by atoms with E-state index in [1.807, 2.05) is 0 Å². The van der Waals surface area contributed by atoms with Gasteiger partial charge in [0.2, 0.25) is 5.79 Å². The molecule has 3 aromatic rings. The van der Waals surface area contributed by atoms with Crippen molar-refractivity contribution >= 4 is 48.0 Å². The Balaban J connectivity index is 1.33. The molecule has 0 aromatic heterocycles. The highest BCUT2D eigenvalue weighted by molar-refractivity contribution is 5.90. The Labute approximate surface area is 550 Å². The van der Waals surface area contributed by atoms with Gasteiger partial charge in [0.25, 0.3) is 0 Å². The minimum atomic E-state index is -3.04. The third-order valence-electron chi connectivity index (χ3n) is 15.8. The first-order valence-electron chi connectivity index (χ1n) is 30.0. The first-order chi connectivity index (χ1) is 46.2. The zero-order valence-corrected chi connectivity index (χ0v) is 52.1. The van der Waals surface area contributed by atoms with Crippen molar-refractivity contribution in [1.29, 1.82) is 0 Å². The first kappa shape index (κ1) is 75.3. The summed E-state index contributed by atoms with van der Waals surface area (Å²) >= 11 is 0. The molecule has 8 rings (SSSR count). The summed E-state index contributed by atoms with van der Waals surface area (Å²) in [4.78, 5) is 80.9. The first-order valence-corrected chi connectivity index (χ1v) is 30.0. The van der Waals surface area contributed by atoms with Crippen molar-refractivity contribution in [2.45, 2.75) is 168 Å². The molecule has 3 aromatic carbocycles. The Morgan fingerprint density at radius 2 is 0.990 bits per heavy atom. The van der Waals surface area contributed by atoms with Crippen LogP contribution in [0.4, 0.5) is 0 Å². The van der Waals surface area contributed by atoms with E-state index in [-0.39, 0.29) is 28.4 Å². The maximum absolute atomic E-state index is 14.5. The highest BCUT2D eigenvalue weighted by Gasteiger charge is 2.65. The predicted octanol–water partition coefficient (Wildman–Crippen LogP) is -4.40. The fourth-order valence-electron chi connectivity index (χ4n) is 10.9. The van der Waals surface area contributed by atoms with Crippen LogP contribution < -0.4 is 4.74 Å². The van der Waals surface area contributed by atoms with Gasteiger partial charge < -0.3 is 142 Å². The normalized spacial score (nSPS) is 35.1. The molecule has 13 N–H and O–H groups in total. The summed E-state index contributed by atoms with van der Waals surface area (Å²) < 4.78 is 95.4. The number of rotatable bonds is 26. The van der Waals surface area contributed by atoms with Gasteiger partial charge in [-0.3, -0.25) is 14.4 Å². The summed E-state index contributed by atoms with van der Waals surface area (Å²) in [6, 6.07) is 16.3. The largest absolute Gasteiger partial charge is 0.508 e. The molecule has 24 atom stereocenters. The molecular formula is C62H76O35. The van der Waals surface area contributed by atoms with Crippen LogP contribution in [-0.2, 0) is 95.0 Å². The van der Waals surface area contributed by atoms with Crippen molar-refractivity contribution in [3.8, 4) is 17.2 Å². The SMILES string of the molecule is COc1cc(C=CC(=O)O[C@@H]2[C@@H](O[C@@H]3O[C@H](COC(C)=O)[C@@H](OC(C)=O)[C@H](O[C@H]4O[C@@H](CO)[C@H](O)[C@@H](O)[C@@H]4O)[C@H]3O)[C@H](O[C@@H]3O[C@@H](CO)[C@H](O)[C@H](O)[C@H]3O)[C@@H](O[C@@]3(COC(=O)C=Cc4ccc(O)cc4)O[C@H](CO)[C@@H](O)[C@@H]3OC(=O)c3ccccc3)O[C@H]2COC(C)=O)ccc1O. The van der Waals surface area contributed by atoms with Crippen LogP contribution >= 0.6 is 0 Å². The fourth-order valence-corrected chi connectivity index (χ4v) is 10.9. The molecule has 534 valence electrons. The molecule has 5 fully saturated rings. The molecule has 0 unspecified atom stereocenters. The lowest BCUT2D eigenvalue weighted by Gasteiger charge is -2.51. The second-order valence-electron chi connectivity index (χ2n) is 22.6. The predicted molar refractivity (Wildman–Crippen MR) is 313 cm³/mol. The molecule has 97 heavy (non-hydrogen) atoms. The molecule has 5 saturated heterocycles. The highest BCUT2D eigenvalue weighted by Crippen LogP contribution is 2.43. The summed E-state index contributed by atoms with van der Waals surface area (Å²) in [7, 11) is 1.24. The minimum absolute atomic E-state index is 0.0487. The maximum Gasteiger partial charge on any atom is 0.338 e. The van der Waals surface area contributed by atoms with Gasteiger partial charge in [-0.2, -0.15) is 0 Å². The quantitative estimate of drug-likeness (QED) is 0.0205. The van der Waals surface area contributed by atoms with Crippen LogP contribution in [0.3, 0.4) is 0 Å². The van der Waals surface area contributed by atoms with Crippen LogP contribution in [0, 0.1) is 0 Å². The summed E-state index contributed by atoms with van der Waals surface area (Å²) in [5, 5.41) is 143. The maximum atomic E-state index is 14.5. The van der Waals surface area contributed by atoms with Crippen molar-refractivity contribution in [1.82, 2.24) is 0 Å². The Morgan fingerprint density at radius 3 is 1.55 bits per heavy atom. The molecule has 0 aliphatic carbocycles. The van der Waals surface area contributed by atoms with Crippen LogP contribution in [0.15, 0.2) is 84.9 Å². The summed E-state index contributed by atoms with van der Waals surface area (Å²) in [5.74, 6) is -10.4. The standard InChI is InChI=1S/C62H76O35/c1-27(66)83-24-39-51(86-29(3)68)53(92-58-48(78)46(76)43(73)36(21-63)87-58)50(80)60(89-39)93-54-52(91-42(72)19-14-31-12-17-34(70)35(20-31)82-4)40(25-84-28(2)67)90-61(55(54)94-59-49(79)47(77)44(74)37(22-64)88-59)97-62(26-85-41(71)18-13-30-10-15-33(69)16-11-30)56(45(75)38(23-65)96-62)95-57(81)32-8-6-5-7-9-32/h5-20,36-40,43-56,58-61,63-65,69-70,73-80H,21-26H2,1-4H3/t36-,37-,38+,39+,40-,43-,44-,45+,46+,47-,48-,49+,50+,51+,52-,53+,54+,55-,56-,58+,59-,60-,61+,62+/m0/s1. The van der Waals surface area contributed by atoms with E-state index in [0.717, 1.165) is 39.0 Å². The monoisotopic (exact) mass is 1380 g/mol. The molecule has 5 aliphatic rings. The van der Waals surface area contributed by atoms with Crippen LogP contribution in [0.2, 0.25) is 0 Å². The number of hydrogen-bond donors (Lipinski definition) is 13. The molecule has 0 radical (unpaired) electrons. The van der Waals surface area contributed by atoms with E-state index in [1.54, 1.807) is 6.07 Å². The number of phenols is 2. The fraction of sp³-hybridized carbons (Fsp3) is 0.548. The van der Waals surface area contributed by atoms with Gasteiger partial charge in [0.15, 0.2) is 55.0 Å². The second-order valence-corrected chi connectivity index (χ2v) is 22.6. The molecule has 0 spiro atoms. The van der Waals surface area contributed by atoms with Gasteiger partial charge in [0.1, 0.15) is 123 Å². The Bertz CT molecular complexity index is 3180. The number of hydrogen-bond acceptors (Lipinski definition) is 35. The number of methoxy groups -OCH3 is 1. The molecule has 5 aliphatic heterocycles. The van der Waals surface area contributed by atoms with Crippen LogP contribution in [0.5, 0.6) is 17.2 Å². The molecule has 0 amide bonds. The van der Waals surface area contributed by atoms with E-state index in [2.05, 4.69) is 0 Å². The topological polar surface area (TPSA) is 513 Å². The van der Waals surface area contributed by atoms with Crippen LogP contribution in [0.25, 0.3) is 12.2 Å². The number of carbonyl (C=O) groups is 6. The summed E-state index contributed by atoms with van der Waals surface area (Å²) in [6.07, 6.45) is -46.2. The zero-order valence-electron chi connectivity index (χ0n) is 52.1. The van der Waals surface area contributed by atoms with Gasteiger partial charge in [-0.05, 0) is 59.7 Å². The molecule has 35 heteroatoms. The average Bonchev–Trinajstić information content (AvgIpc) is 1.67. The Kier molecular flexibility index (Phi) is 26.3. The lowest BCUT2D eigenvalue weighted by atomic mass is 9.95. The third kappa shape index (κ3) is 18.5. The number of aliphatic hydroxyl groups is 11. The number of carbonyl (C=O) groups excluding carboxylic acids is 6. The number of aromatic hydroxyl groups is 2. The van der Waals surface area contributed by atoms with Crippen LogP contribution in [-0.4, -0.2) is 296 Å². The summed E-state index contributed by atoms with van der Waals surface area (Å²) in [5.41, 5.74) is 0.382. The van der Waals surface area contributed by atoms with Gasteiger partial charge >= 0.3 is 35.8 Å².